The van der Waals surface area contributed by atoms with E-state index in [1.165, 1.54) is 27.8 Å². The van der Waals surface area contributed by atoms with Crippen LogP contribution in [0.3, 0.4) is 0 Å². The van der Waals surface area contributed by atoms with Gasteiger partial charge in [-0.1, -0.05) is 35.9 Å². The van der Waals surface area contributed by atoms with Crippen LogP contribution < -0.4 is 5.32 Å². The molecule has 1 atom stereocenters. The molecule has 0 spiro atoms. The summed E-state index contributed by atoms with van der Waals surface area (Å²) in [5.74, 6) is 0. The quantitative estimate of drug-likeness (QED) is 0.789. The van der Waals surface area contributed by atoms with Crippen molar-refractivity contribution in [3.8, 4) is 0 Å². The molecule has 0 aliphatic heterocycles. The maximum atomic E-state index is 3.69. The van der Waals surface area contributed by atoms with Crippen LogP contribution in [0.5, 0.6) is 0 Å². The Morgan fingerprint density at radius 1 is 1.10 bits per heavy atom. The van der Waals surface area contributed by atoms with Crippen LogP contribution in [0.15, 0.2) is 41.5 Å². The highest BCUT2D eigenvalue weighted by atomic mass is 15.0. The summed E-state index contributed by atoms with van der Waals surface area (Å²) in [7, 11) is 0. The van der Waals surface area contributed by atoms with Gasteiger partial charge >= 0.3 is 0 Å². The van der Waals surface area contributed by atoms with E-state index >= 15 is 0 Å². The minimum atomic E-state index is 0.125. The number of allylic oxidation sites excluding steroid dienone is 4. The lowest BCUT2D eigenvalue weighted by Crippen LogP contribution is -2.37. The monoisotopic (exact) mass is 269 g/mol. The molecule has 1 aromatic carbocycles. The summed E-state index contributed by atoms with van der Waals surface area (Å²) in [4.78, 5) is 0. The Labute approximate surface area is 123 Å². The fourth-order valence-electron chi connectivity index (χ4n) is 2.99. The number of hydrogen-bond acceptors (Lipinski definition) is 1. The first kappa shape index (κ1) is 15.1. The Bertz CT molecular complexity index is 555. The van der Waals surface area contributed by atoms with Crippen molar-refractivity contribution in [3.63, 3.8) is 0 Å². The summed E-state index contributed by atoms with van der Waals surface area (Å²) in [6.45, 7) is 13.4. The lowest BCUT2D eigenvalue weighted by Gasteiger charge is -2.28. The molecular weight excluding hydrogens is 242 g/mol. The lowest BCUT2D eigenvalue weighted by atomic mass is 9.91. The van der Waals surface area contributed by atoms with Crippen molar-refractivity contribution in [1.82, 2.24) is 5.32 Å². The van der Waals surface area contributed by atoms with Crippen LogP contribution in [0.1, 0.15) is 65.1 Å². The topological polar surface area (TPSA) is 12.0 Å². The molecule has 1 heteroatoms. The third kappa shape index (κ3) is 3.21. The SMILES string of the molecule is CC1=CCC(c2ccccc2C(C)NC(C)(C)C)=C1C. The Morgan fingerprint density at radius 3 is 2.30 bits per heavy atom. The highest BCUT2D eigenvalue weighted by Gasteiger charge is 2.20. The van der Waals surface area contributed by atoms with E-state index in [2.05, 4.69) is 77.2 Å². The van der Waals surface area contributed by atoms with Gasteiger partial charge in [0.1, 0.15) is 0 Å². The Hall–Kier alpha value is -1.34. The van der Waals surface area contributed by atoms with E-state index in [0.29, 0.717) is 6.04 Å². The lowest BCUT2D eigenvalue weighted by molar-refractivity contribution is 0.378. The van der Waals surface area contributed by atoms with Crippen molar-refractivity contribution in [2.45, 2.75) is 59.5 Å². The molecule has 0 aromatic heterocycles. The van der Waals surface area contributed by atoms with E-state index in [0.717, 1.165) is 6.42 Å². The predicted molar refractivity (Wildman–Crippen MR) is 88.7 cm³/mol. The molecule has 20 heavy (non-hydrogen) atoms. The molecule has 108 valence electrons. The molecule has 1 aliphatic rings. The third-order valence-electron chi connectivity index (χ3n) is 4.06. The van der Waals surface area contributed by atoms with E-state index in [9.17, 15) is 0 Å². The molecule has 1 aliphatic carbocycles. The maximum absolute atomic E-state index is 3.69. The number of hydrogen-bond donors (Lipinski definition) is 1. The van der Waals surface area contributed by atoms with Crippen LogP contribution in [0, 0.1) is 0 Å². The van der Waals surface area contributed by atoms with Gasteiger partial charge in [-0.3, -0.25) is 0 Å². The molecule has 1 N–H and O–H groups in total. The Kier molecular flexibility index (Phi) is 4.19. The maximum Gasteiger partial charge on any atom is 0.0302 e. The van der Waals surface area contributed by atoms with Gasteiger partial charge in [0.2, 0.25) is 0 Å². The highest BCUT2D eigenvalue weighted by molar-refractivity contribution is 5.78. The van der Waals surface area contributed by atoms with Gasteiger partial charge in [0, 0.05) is 11.6 Å². The summed E-state index contributed by atoms with van der Waals surface area (Å²) in [6, 6.07) is 9.17. The largest absolute Gasteiger partial charge is 0.306 e. The van der Waals surface area contributed by atoms with E-state index in [-0.39, 0.29) is 5.54 Å². The minimum Gasteiger partial charge on any atom is -0.306 e. The molecule has 0 bridgehead atoms. The summed E-state index contributed by atoms with van der Waals surface area (Å²) < 4.78 is 0. The van der Waals surface area contributed by atoms with Crippen molar-refractivity contribution < 1.29 is 0 Å². The fraction of sp³-hybridized carbons (Fsp3) is 0.474. The summed E-state index contributed by atoms with van der Waals surface area (Å²) in [6.07, 6.45) is 3.40. The second-order valence-corrected chi connectivity index (χ2v) is 6.90. The number of benzene rings is 1. The van der Waals surface area contributed by atoms with Crippen molar-refractivity contribution in [2.75, 3.05) is 0 Å². The third-order valence-corrected chi connectivity index (χ3v) is 4.06. The molecular formula is C19H27N. The molecule has 1 unspecified atom stereocenters. The smallest absolute Gasteiger partial charge is 0.0302 e. The van der Waals surface area contributed by atoms with Gasteiger partial charge in [-0.15, -0.1) is 0 Å². The zero-order chi connectivity index (χ0) is 14.9. The first-order valence-corrected chi connectivity index (χ1v) is 7.53. The second kappa shape index (κ2) is 5.57. The van der Waals surface area contributed by atoms with E-state index in [4.69, 9.17) is 0 Å². The van der Waals surface area contributed by atoms with Gasteiger partial charge < -0.3 is 5.32 Å². The van der Waals surface area contributed by atoms with Gasteiger partial charge in [-0.25, -0.2) is 0 Å². The Balaban J connectivity index is 2.38. The van der Waals surface area contributed by atoms with Crippen LogP contribution in [0.25, 0.3) is 5.57 Å². The molecule has 0 heterocycles. The summed E-state index contributed by atoms with van der Waals surface area (Å²) >= 11 is 0. The van der Waals surface area contributed by atoms with Gasteiger partial charge in [-0.2, -0.15) is 0 Å². The molecule has 2 rings (SSSR count). The number of rotatable bonds is 3. The van der Waals surface area contributed by atoms with E-state index in [1.54, 1.807) is 0 Å². The first-order valence-electron chi connectivity index (χ1n) is 7.53. The normalized spacial score (nSPS) is 17.4. The van der Waals surface area contributed by atoms with Crippen LogP contribution in [0.4, 0.5) is 0 Å². The first-order chi connectivity index (χ1) is 9.29. The van der Waals surface area contributed by atoms with Gasteiger partial charge in [-0.05, 0) is 70.2 Å². The van der Waals surface area contributed by atoms with Gasteiger partial charge in [0.25, 0.3) is 0 Å². The zero-order valence-electron chi connectivity index (χ0n) is 13.7. The van der Waals surface area contributed by atoms with Crippen LogP contribution in [-0.2, 0) is 0 Å². The van der Waals surface area contributed by atoms with Crippen LogP contribution >= 0.6 is 0 Å². The molecule has 1 aromatic rings. The van der Waals surface area contributed by atoms with E-state index < -0.39 is 0 Å². The second-order valence-electron chi connectivity index (χ2n) is 6.90. The van der Waals surface area contributed by atoms with Crippen molar-refractivity contribution in [1.29, 1.82) is 0 Å². The van der Waals surface area contributed by atoms with Gasteiger partial charge in [0.05, 0.1) is 0 Å². The molecule has 0 radical (unpaired) electrons. The molecule has 0 saturated heterocycles. The standard InChI is InChI=1S/C19H27N/c1-13-11-12-16(14(13)2)18-10-8-7-9-17(18)15(3)20-19(4,5)6/h7-11,15,20H,12H2,1-6H3. The molecule has 1 nitrogen and oxygen atoms in total. The summed E-state index contributed by atoms with van der Waals surface area (Å²) in [5.41, 5.74) is 7.29. The van der Waals surface area contributed by atoms with Gasteiger partial charge in [0.15, 0.2) is 0 Å². The van der Waals surface area contributed by atoms with Crippen molar-refractivity contribution in [3.05, 3.63) is 52.6 Å². The Morgan fingerprint density at radius 2 is 1.75 bits per heavy atom. The average molecular weight is 269 g/mol. The zero-order valence-corrected chi connectivity index (χ0v) is 13.7. The molecule has 0 saturated carbocycles. The van der Waals surface area contributed by atoms with Crippen molar-refractivity contribution in [2.24, 2.45) is 0 Å². The number of nitrogens with one attached hydrogen (secondary N) is 1. The summed E-state index contributed by atoms with van der Waals surface area (Å²) in [5, 5.41) is 3.69. The van der Waals surface area contributed by atoms with Crippen LogP contribution in [0.2, 0.25) is 0 Å². The predicted octanol–water partition coefficient (Wildman–Crippen LogP) is 5.26. The highest BCUT2D eigenvalue weighted by Crippen LogP contribution is 2.36. The average Bonchev–Trinajstić information content (AvgIpc) is 2.68. The van der Waals surface area contributed by atoms with Crippen molar-refractivity contribution >= 4 is 5.57 Å². The van der Waals surface area contributed by atoms with E-state index in [1.807, 2.05) is 0 Å². The molecule has 0 fully saturated rings. The van der Waals surface area contributed by atoms with Crippen LogP contribution in [-0.4, -0.2) is 5.54 Å². The minimum absolute atomic E-state index is 0.125. The molecule has 0 amide bonds. The fourth-order valence-corrected chi connectivity index (χ4v) is 2.99.